The van der Waals surface area contributed by atoms with Crippen LogP contribution < -0.4 is 5.48 Å². The summed E-state index contributed by atoms with van der Waals surface area (Å²) in [4.78, 5) is 15.7. The topological polar surface area (TPSA) is 38.3 Å². The van der Waals surface area contributed by atoms with E-state index in [9.17, 15) is 4.79 Å². The molecule has 0 atom stereocenters. The molecule has 0 aromatic rings. The maximum Gasteiger partial charge on any atom is 0.352 e. The van der Waals surface area contributed by atoms with E-state index in [1.807, 2.05) is 13.8 Å². The van der Waals surface area contributed by atoms with Crippen molar-refractivity contribution in [2.75, 3.05) is 6.54 Å². The van der Waals surface area contributed by atoms with E-state index in [1.54, 1.807) is 0 Å². The molecule has 0 aromatic carbocycles. The molecule has 12 heavy (non-hydrogen) atoms. The summed E-state index contributed by atoms with van der Waals surface area (Å²) in [6, 6.07) is 0. The molecule has 0 fully saturated rings. The van der Waals surface area contributed by atoms with Crippen LogP contribution in [0.15, 0.2) is 12.2 Å². The summed E-state index contributed by atoms with van der Waals surface area (Å²) in [5, 5.41) is 0. The van der Waals surface area contributed by atoms with Crippen molar-refractivity contribution in [3.63, 3.8) is 0 Å². The van der Waals surface area contributed by atoms with Crippen LogP contribution in [0.3, 0.4) is 0 Å². The van der Waals surface area contributed by atoms with E-state index in [4.69, 9.17) is 4.84 Å². The van der Waals surface area contributed by atoms with E-state index in [0.717, 1.165) is 12.8 Å². The van der Waals surface area contributed by atoms with Crippen LogP contribution in [-0.2, 0) is 9.63 Å². The molecular weight excluding hydrogens is 154 g/mol. The van der Waals surface area contributed by atoms with Crippen molar-refractivity contribution in [3.05, 3.63) is 12.2 Å². The van der Waals surface area contributed by atoms with E-state index >= 15 is 0 Å². The van der Waals surface area contributed by atoms with Crippen molar-refractivity contribution in [2.45, 2.75) is 33.1 Å². The highest BCUT2D eigenvalue weighted by molar-refractivity contribution is 5.87. The molecule has 0 rings (SSSR count). The van der Waals surface area contributed by atoms with Gasteiger partial charge in [-0.1, -0.05) is 26.8 Å². The molecule has 0 unspecified atom stereocenters. The molecule has 0 saturated carbocycles. The van der Waals surface area contributed by atoms with Crippen LogP contribution in [0.5, 0.6) is 0 Å². The average Bonchev–Trinajstić information content (AvgIpc) is 2.05. The minimum absolute atomic E-state index is 0.342. The smallest absolute Gasteiger partial charge is 0.352 e. The zero-order valence-electron chi connectivity index (χ0n) is 7.85. The molecule has 0 aliphatic rings. The van der Waals surface area contributed by atoms with Crippen LogP contribution in [0.25, 0.3) is 0 Å². The first kappa shape index (κ1) is 11.2. The largest absolute Gasteiger partial charge is 0.367 e. The number of carbonyl (C=O) groups is 1. The number of rotatable bonds is 6. The highest BCUT2D eigenvalue weighted by Gasteiger charge is 2.06. The van der Waals surface area contributed by atoms with Crippen molar-refractivity contribution in [2.24, 2.45) is 0 Å². The summed E-state index contributed by atoms with van der Waals surface area (Å²) < 4.78 is 0. The lowest BCUT2D eigenvalue weighted by Crippen LogP contribution is -2.21. The second-order valence-corrected chi connectivity index (χ2v) is 2.64. The summed E-state index contributed by atoms with van der Waals surface area (Å²) in [7, 11) is 0. The SMILES string of the molecule is C=C(CCC)C(=O)ONCCC. The van der Waals surface area contributed by atoms with Crippen LogP contribution in [0, 0.1) is 0 Å². The maximum absolute atomic E-state index is 11.0. The predicted octanol–water partition coefficient (Wildman–Crippen LogP) is 1.80. The second-order valence-electron chi connectivity index (χ2n) is 2.64. The molecule has 0 spiro atoms. The van der Waals surface area contributed by atoms with Crippen molar-refractivity contribution in [3.8, 4) is 0 Å². The zero-order chi connectivity index (χ0) is 9.40. The molecule has 0 aromatic heterocycles. The van der Waals surface area contributed by atoms with Gasteiger partial charge in [0.1, 0.15) is 0 Å². The summed E-state index contributed by atoms with van der Waals surface area (Å²) in [5.74, 6) is -0.342. The Morgan fingerprint density at radius 3 is 2.58 bits per heavy atom. The van der Waals surface area contributed by atoms with Crippen LogP contribution in [0.2, 0.25) is 0 Å². The normalized spacial score (nSPS) is 9.50. The fourth-order valence-corrected chi connectivity index (χ4v) is 0.695. The van der Waals surface area contributed by atoms with Crippen molar-refractivity contribution in [1.29, 1.82) is 0 Å². The Morgan fingerprint density at radius 2 is 2.08 bits per heavy atom. The monoisotopic (exact) mass is 171 g/mol. The van der Waals surface area contributed by atoms with Gasteiger partial charge in [-0.15, -0.1) is 0 Å². The molecule has 0 bridgehead atoms. The van der Waals surface area contributed by atoms with E-state index in [0.29, 0.717) is 18.5 Å². The summed E-state index contributed by atoms with van der Waals surface area (Å²) in [5.41, 5.74) is 3.09. The van der Waals surface area contributed by atoms with Gasteiger partial charge in [0.15, 0.2) is 0 Å². The van der Waals surface area contributed by atoms with Crippen molar-refractivity contribution >= 4 is 5.97 Å². The third-order valence-corrected chi connectivity index (χ3v) is 1.36. The lowest BCUT2D eigenvalue weighted by Gasteiger charge is -2.05. The maximum atomic E-state index is 11.0. The third kappa shape index (κ3) is 4.91. The van der Waals surface area contributed by atoms with Gasteiger partial charge in [0.2, 0.25) is 0 Å². The van der Waals surface area contributed by atoms with Crippen molar-refractivity contribution < 1.29 is 9.63 Å². The van der Waals surface area contributed by atoms with Crippen LogP contribution in [0.4, 0.5) is 0 Å². The van der Waals surface area contributed by atoms with Gasteiger partial charge in [0, 0.05) is 12.1 Å². The molecule has 1 N–H and O–H groups in total. The quantitative estimate of drug-likeness (QED) is 0.376. The average molecular weight is 171 g/mol. The summed E-state index contributed by atoms with van der Waals surface area (Å²) in [6.45, 7) is 8.29. The second kappa shape index (κ2) is 6.85. The lowest BCUT2D eigenvalue weighted by molar-refractivity contribution is -0.146. The molecule has 0 aliphatic carbocycles. The fourth-order valence-electron chi connectivity index (χ4n) is 0.695. The van der Waals surface area contributed by atoms with E-state index in [-0.39, 0.29) is 5.97 Å². The molecule has 70 valence electrons. The van der Waals surface area contributed by atoms with Gasteiger partial charge >= 0.3 is 5.97 Å². The number of hydrogen-bond donors (Lipinski definition) is 1. The minimum atomic E-state index is -0.342. The Hall–Kier alpha value is -0.830. The van der Waals surface area contributed by atoms with Gasteiger partial charge in [-0.05, 0) is 12.8 Å². The lowest BCUT2D eigenvalue weighted by atomic mass is 10.2. The summed E-state index contributed by atoms with van der Waals surface area (Å²) >= 11 is 0. The van der Waals surface area contributed by atoms with Crippen LogP contribution in [-0.4, -0.2) is 12.5 Å². The predicted molar refractivity (Wildman–Crippen MR) is 48.4 cm³/mol. The van der Waals surface area contributed by atoms with Crippen LogP contribution >= 0.6 is 0 Å². The van der Waals surface area contributed by atoms with Gasteiger partial charge in [0.25, 0.3) is 0 Å². The Bertz CT molecular complexity index is 155. The molecular formula is C9H17NO2. The van der Waals surface area contributed by atoms with Gasteiger partial charge in [0.05, 0.1) is 0 Å². The van der Waals surface area contributed by atoms with Gasteiger partial charge < -0.3 is 4.84 Å². The molecule has 0 aliphatic heterocycles. The van der Waals surface area contributed by atoms with E-state index in [2.05, 4.69) is 12.1 Å². The molecule has 3 nitrogen and oxygen atoms in total. The molecule has 0 radical (unpaired) electrons. The Balaban J connectivity index is 3.50. The Labute approximate surface area is 73.7 Å². The Morgan fingerprint density at radius 1 is 1.42 bits per heavy atom. The molecule has 3 heteroatoms. The first-order chi connectivity index (χ1) is 5.72. The number of carbonyl (C=O) groups excluding carboxylic acids is 1. The highest BCUT2D eigenvalue weighted by Crippen LogP contribution is 2.02. The highest BCUT2D eigenvalue weighted by atomic mass is 16.7. The number of nitrogens with one attached hydrogen (secondary N) is 1. The van der Waals surface area contributed by atoms with Gasteiger partial charge in [-0.2, -0.15) is 5.48 Å². The summed E-state index contributed by atoms with van der Waals surface area (Å²) in [6.07, 6.45) is 2.56. The number of hydrogen-bond acceptors (Lipinski definition) is 3. The molecule has 0 saturated heterocycles. The van der Waals surface area contributed by atoms with E-state index < -0.39 is 0 Å². The Kier molecular flexibility index (Phi) is 6.38. The zero-order valence-corrected chi connectivity index (χ0v) is 7.85. The molecule has 0 amide bonds. The first-order valence-electron chi connectivity index (χ1n) is 4.34. The van der Waals surface area contributed by atoms with E-state index in [1.165, 1.54) is 0 Å². The van der Waals surface area contributed by atoms with Gasteiger partial charge in [-0.3, -0.25) is 0 Å². The van der Waals surface area contributed by atoms with Crippen LogP contribution in [0.1, 0.15) is 33.1 Å². The first-order valence-corrected chi connectivity index (χ1v) is 4.34. The molecule has 0 heterocycles. The van der Waals surface area contributed by atoms with Gasteiger partial charge in [-0.25, -0.2) is 4.79 Å². The standard InChI is InChI=1S/C9H17NO2/c1-4-6-8(3)9(11)12-10-7-5-2/h10H,3-7H2,1-2H3. The number of hydroxylamine groups is 1. The minimum Gasteiger partial charge on any atom is -0.367 e. The third-order valence-electron chi connectivity index (χ3n) is 1.36. The fraction of sp³-hybridized carbons (Fsp3) is 0.667. The van der Waals surface area contributed by atoms with Crippen molar-refractivity contribution in [1.82, 2.24) is 5.48 Å².